The van der Waals surface area contributed by atoms with Gasteiger partial charge < -0.3 is 5.32 Å². The number of alkyl halides is 1. The number of rotatable bonds is 4. The molecule has 20 heavy (non-hydrogen) atoms. The van der Waals surface area contributed by atoms with Crippen molar-refractivity contribution in [2.75, 3.05) is 5.88 Å². The number of hydrogen-bond acceptors (Lipinski definition) is 1. The van der Waals surface area contributed by atoms with Crippen LogP contribution in [0.4, 0.5) is 4.39 Å². The zero-order chi connectivity index (χ0) is 14.5. The van der Waals surface area contributed by atoms with Crippen LogP contribution >= 0.6 is 27.5 Å². The van der Waals surface area contributed by atoms with Crippen molar-refractivity contribution in [3.8, 4) is 0 Å². The first-order chi connectivity index (χ1) is 9.61. The van der Waals surface area contributed by atoms with Gasteiger partial charge >= 0.3 is 0 Å². The maximum atomic E-state index is 13.7. The Morgan fingerprint density at radius 1 is 1.25 bits per heavy atom. The van der Waals surface area contributed by atoms with E-state index in [0.717, 1.165) is 5.56 Å². The van der Waals surface area contributed by atoms with Crippen LogP contribution in [-0.4, -0.2) is 11.8 Å². The Balaban J connectivity index is 2.17. The molecule has 0 aromatic heterocycles. The van der Waals surface area contributed by atoms with Crippen LogP contribution in [0.3, 0.4) is 0 Å². The number of benzene rings is 2. The highest BCUT2D eigenvalue weighted by molar-refractivity contribution is 9.10. The lowest BCUT2D eigenvalue weighted by molar-refractivity contribution is 0.0936. The molecule has 0 aliphatic carbocycles. The van der Waals surface area contributed by atoms with E-state index in [1.807, 2.05) is 30.3 Å². The van der Waals surface area contributed by atoms with Crippen LogP contribution < -0.4 is 5.32 Å². The standard InChI is InChI=1S/C15H12BrClFNO/c16-11-6-7-12(13(18)8-11)15(20)19-14(9-17)10-4-2-1-3-5-10/h1-8,14H,9H2,(H,19,20). The van der Waals surface area contributed by atoms with Crippen molar-refractivity contribution in [1.29, 1.82) is 0 Å². The van der Waals surface area contributed by atoms with Crippen LogP contribution in [-0.2, 0) is 0 Å². The number of carbonyl (C=O) groups is 1. The number of nitrogens with one attached hydrogen (secondary N) is 1. The summed E-state index contributed by atoms with van der Waals surface area (Å²) < 4.78 is 14.3. The lowest BCUT2D eigenvalue weighted by Crippen LogP contribution is -2.30. The van der Waals surface area contributed by atoms with E-state index in [1.54, 1.807) is 6.07 Å². The maximum Gasteiger partial charge on any atom is 0.254 e. The van der Waals surface area contributed by atoms with Crippen molar-refractivity contribution in [3.05, 3.63) is 69.9 Å². The molecule has 1 N–H and O–H groups in total. The molecule has 0 aliphatic heterocycles. The number of halogens is 3. The summed E-state index contributed by atoms with van der Waals surface area (Å²) in [6, 6.07) is 13.3. The lowest BCUT2D eigenvalue weighted by atomic mass is 10.1. The molecule has 0 bridgehead atoms. The summed E-state index contributed by atoms with van der Waals surface area (Å²) in [6.07, 6.45) is 0. The number of amides is 1. The second-order valence-electron chi connectivity index (χ2n) is 4.22. The van der Waals surface area contributed by atoms with Crippen LogP contribution in [0.15, 0.2) is 53.0 Å². The minimum atomic E-state index is -0.571. The molecular weight excluding hydrogens is 345 g/mol. The molecule has 104 valence electrons. The highest BCUT2D eigenvalue weighted by Crippen LogP contribution is 2.18. The van der Waals surface area contributed by atoms with Gasteiger partial charge in [0.25, 0.3) is 5.91 Å². The SMILES string of the molecule is O=C(NC(CCl)c1ccccc1)c1ccc(Br)cc1F. The Labute approximate surface area is 130 Å². The van der Waals surface area contributed by atoms with Gasteiger partial charge in [0.2, 0.25) is 0 Å². The Morgan fingerprint density at radius 2 is 1.95 bits per heavy atom. The summed E-state index contributed by atoms with van der Waals surface area (Å²) in [5, 5.41) is 2.73. The maximum absolute atomic E-state index is 13.7. The molecule has 0 fully saturated rings. The van der Waals surface area contributed by atoms with Crippen molar-refractivity contribution >= 4 is 33.4 Å². The van der Waals surface area contributed by atoms with Gasteiger partial charge in [-0.3, -0.25) is 4.79 Å². The molecule has 2 rings (SSSR count). The van der Waals surface area contributed by atoms with Gasteiger partial charge in [-0.15, -0.1) is 11.6 Å². The van der Waals surface area contributed by atoms with Gasteiger partial charge in [0, 0.05) is 10.4 Å². The van der Waals surface area contributed by atoms with Crippen LogP contribution in [0.1, 0.15) is 22.0 Å². The van der Waals surface area contributed by atoms with E-state index in [1.165, 1.54) is 12.1 Å². The summed E-state index contributed by atoms with van der Waals surface area (Å²) >= 11 is 9.04. The Hall–Kier alpha value is -1.39. The lowest BCUT2D eigenvalue weighted by Gasteiger charge is -2.16. The first-order valence-electron chi connectivity index (χ1n) is 5.98. The third kappa shape index (κ3) is 3.58. The highest BCUT2D eigenvalue weighted by Gasteiger charge is 2.17. The Bertz CT molecular complexity index is 606. The molecular formula is C15H12BrClFNO. The fraction of sp³-hybridized carbons (Fsp3) is 0.133. The van der Waals surface area contributed by atoms with Crippen molar-refractivity contribution in [3.63, 3.8) is 0 Å². The van der Waals surface area contributed by atoms with E-state index in [-0.39, 0.29) is 17.5 Å². The van der Waals surface area contributed by atoms with Gasteiger partial charge in [0.1, 0.15) is 5.82 Å². The van der Waals surface area contributed by atoms with E-state index in [2.05, 4.69) is 21.2 Å². The first-order valence-corrected chi connectivity index (χ1v) is 7.31. The van der Waals surface area contributed by atoms with Crippen molar-refractivity contribution in [1.82, 2.24) is 5.32 Å². The highest BCUT2D eigenvalue weighted by atomic mass is 79.9. The van der Waals surface area contributed by atoms with E-state index >= 15 is 0 Å². The summed E-state index contributed by atoms with van der Waals surface area (Å²) in [5.74, 6) is -0.837. The molecule has 2 aromatic carbocycles. The zero-order valence-electron chi connectivity index (χ0n) is 10.4. The predicted molar refractivity (Wildman–Crippen MR) is 81.5 cm³/mol. The third-order valence-corrected chi connectivity index (χ3v) is 3.64. The largest absolute Gasteiger partial charge is 0.344 e. The van der Waals surface area contributed by atoms with Crippen LogP contribution in [0, 0.1) is 5.82 Å². The van der Waals surface area contributed by atoms with E-state index in [9.17, 15) is 9.18 Å². The molecule has 0 saturated heterocycles. The van der Waals surface area contributed by atoms with Crippen molar-refractivity contribution < 1.29 is 9.18 Å². The third-order valence-electron chi connectivity index (χ3n) is 2.84. The van der Waals surface area contributed by atoms with E-state index in [4.69, 9.17) is 11.6 Å². The molecule has 0 heterocycles. The predicted octanol–water partition coefficient (Wildman–Crippen LogP) is 4.30. The van der Waals surface area contributed by atoms with Crippen molar-refractivity contribution in [2.24, 2.45) is 0 Å². The minimum Gasteiger partial charge on any atom is -0.344 e. The Morgan fingerprint density at radius 3 is 2.55 bits per heavy atom. The molecule has 1 atom stereocenters. The zero-order valence-corrected chi connectivity index (χ0v) is 12.8. The molecule has 1 amide bonds. The molecule has 2 aromatic rings. The van der Waals surface area contributed by atoms with Gasteiger partial charge in [-0.05, 0) is 23.8 Å². The second kappa shape index (κ2) is 6.86. The molecule has 0 radical (unpaired) electrons. The average Bonchev–Trinajstić information content (AvgIpc) is 2.45. The van der Waals surface area contributed by atoms with Gasteiger partial charge in [0.05, 0.1) is 11.6 Å². The first kappa shape index (κ1) is 15.0. The molecule has 0 aliphatic rings. The van der Waals surface area contributed by atoms with E-state index < -0.39 is 11.7 Å². The van der Waals surface area contributed by atoms with Crippen LogP contribution in [0.2, 0.25) is 0 Å². The summed E-state index contributed by atoms with van der Waals surface area (Å²) in [6.45, 7) is 0. The van der Waals surface area contributed by atoms with Gasteiger partial charge in [-0.25, -0.2) is 4.39 Å². The molecule has 0 spiro atoms. The summed E-state index contributed by atoms with van der Waals surface area (Å²) in [7, 11) is 0. The van der Waals surface area contributed by atoms with Crippen molar-refractivity contribution in [2.45, 2.75) is 6.04 Å². The quantitative estimate of drug-likeness (QED) is 0.813. The molecule has 2 nitrogen and oxygen atoms in total. The van der Waals surface area contributed by atoms with Gasteiger partial charge in [-0.1, -0.05) is 46.3 Å². The molecule has 0 saturated carbocycles. The minimum absolute atomic E-state index is 0.000696. The Kier molecular flexibility index (Phi) is 5.15. The average molecular weight is 357 g/mol. The van der Waals surface area contributed by atoms with E-state index in [0.29, 0.717) is 4.47 Å². The monoisotopic (exact) mass is 355 g/mol. The molecule has 5 heteroatoms. The van der Waals surface area contributed by atoms with Gasteiger partial charge in [-0.2, -0.15) is 0 Å². The second-order valence-corrected chi connectivity index (χ2v) is 5.44. The smallest absolute Gasteiger partial charge is 0.254 e. The fourth-order valence-electron chi connectivity index (χ4n) is 1.81. The molecule has 1 unspecified atom stereocenters. The number of carbonyl (C=O) groups excluding carboxylic acids is 1. The summed E-state index contributed by atoms with van der Waals surface area (Å²) in [5.41, 5.74) is 0.882. The van der Waals surface area contributed by atoms with Crippen LogP contribution in [0.5, 0.6) is 0 Å². The van der Waals surface area contributed by atoms with Gasteiger partial charge in [0.15, 0.2) is 0 Å². The summed E-state index contributed by atoms with van der Waals surface area (Å²) in [4.78, 5) is 12.1. The van der Waals surface area contributed by atoms with Crippen LogP contribution in [0.25, 0.3) is 0 Å². The fourth-order valence-corrected chi connectivity index (χ4v) is 2.39. The topological polar surface area (TPSA) is 29.1 Å². The number of hydrogen-bond donors (Lipinski definition) is 1. The normalized spacial score (nSPS) is 11.9.